The highest BCUT2D eigenvalue weighted by Crippen LogP contribution is 2.40. The Morgan fingerprint density at radius 2 is 2.04 bits per heavy atom. The Labute approximate surface area is 146 Å². The maximum atomic E-state index is 13.3. The van der Waals surface area contributed by atoms with Crippen LogP contribution in [0.15, 0.2) is 30.3 Å². The topological polar surface area (TPSA) is 38.8 Å². The molecule has 2 aliphatic rings. The van der Waals surface area contributed by atoms with Gasteiger partial charge in [-0.2, -0.15) is 0 Å². The Morgan fingerprint density at radius 3 is 2.88 bits per heavy atom. The highest BCUT2D eigenvalue weighted by molar-refractivity contribution is 5.94. The Bertz CT molecular complexity index is 802. The average molecular weight is 341 g/mol. The number of fused-ring (bicyclic) bond motifs is 2. The minimum atomic E-state index is -0.400. The summed E-state index contributed by atoms with van der Waals surface area (Å²) in [6.07, 6.45) is 2.48. The SMILES string of the molecule is CN(CCc1c2c(cc3c1OCC3)OCC2)C(=O)c1cccc(F)c1. The molecule has 4 nitrogen and oxygen atoms in total. The van der Waals surface area contributed by atoms with Crippen LogP contribution in [0.5, 0.6) is 11.5 Å². The second-order valence-electron chi connectivity index (χ2n) is 6.50. The second kappa shape index (κ2) is 6.39. The number of hydrogen-bond donors (Lipinski definition) is 0. The van der Waals surface area contributed by atoms with Crippen molar-refractivity contribution < 1.29 is 18.7 Å². The number of carbonyl (C=O) groups is 1. The van der Waals surface area contributed by atoms with Crippen LogP contribution in [-0.2, 0) is 19.3 Å². The first-order valence-corrected chi connectivity index (χ1v) is 8.58. The number of halogens is 1. The fourth-order valence-corrected chi connectivity index (χ4v) is 3.57. The summed E-state index contributed by atoms with van der Waals surface area (Å²) in [5, 5.41) is 0. The number of hydrogen-bond acceptors (Lipinski definition) is 3. The molecule has 0 saturated heterocycles. The zero-order valence-electron chi connectivity index (χ0n) is 14.2. The summed E-state index contributed by atoms with van der Waals surface area (Å²) in [7, 11) is 1.74. The molecule has 0 bridgehead atoms. The van der Waals surface area contributed by atoms with Crippen molar-refractivity contribution in [2.45, 2.75) is 19.3 Å². The first kappa shape index (κ1) is 15.9. The lowest BCUT2D eigenvalue weighted by atomic mass is 9.97. The Hall–Kier alpha value is -2.56. The zero-order valence-corrected chi connectivity index (χ0v) is 14.2. The van der Waals surface area contributed by atoms with E-state index in [9.17, 15) is 9.18 Å². The van der Waals surface area contributed by atoms with Gasteiger partial charge in [-0.15, -0.1) is 0 Å². The van der Waals surface area contributed by atoms with Gasteiger partial charge in [-0.25, -0.2) is 4.39 Å². The van der Waals surface area contributed by atoms with E-state index in [-0.39, 0.29) is 5.91 Å². The van der Waals surface area contributed by atoms with Crippen molar-refractivity contribution in [1.82, 2.24) is 4.90 Å². The van der Waals surface area contributed by atoms with Crippen LogP contribution in [0, 0.1) is 5.82 Å². The van der Waals surface area contributed by atoms with Crippen LogP contribution < -0.4 is 9.47 Å². The van der Waals surface area contributed by atoms with E-state index in [4.69, 9.17) is 9.47 Å². The normalized spacial score (nSPS) is 14.5. The molecule has 25 heavy (non-hydrogen) atoms. The highest BCUT2D eigenvalue weighted by Gasteiger charge is 2.26. The van der Waals surface area contributed by atoms with Crippen LogP contribution in [0.1, 0.15) is 27.0 Å². The van der Waals surface area contributed by atoms with Gasteiger partial charge >= 0.3 is 0 Å². The van der Waals surface area contributed by atoms with E-state index in [1.807, 2.05) is 0 Å². The van der Waals surface area contributed by atoms with E-state index in [1.54, 1.807) is 24.1 Å². The van der Waals surface area contributed by atoms with Crippen molar-refractivity contribution in [3.05, 3.63) is 58.4 Å². The van der Waals surface area contributed by atoms with Crippen LogP contribution in [0.4, 0.5) is 4.39 Å². The molecule has 2 aliphatic heterocycles. The molecule has 4 rings (SSSR count). The molecule has 2 aromatic carbocycles. The van der Waals surface area contributed by atoms with E-state index in [0.29, 0.717) is 31.7 Å². The summed E-state index contributed by atoms with van der Waals surface area (Å²) < 4.78 is 24.9. The Morgan fingerprint density at radius 1 is 1.20 bits per heavy atom. The molecule has 1 amide bonds. The van der Waals surface area contributed by atoms with Crippen LogP contribution in [0.25, 0.3) is 0 Å². The number of ether oxygens (including phenoxy) is 2. The molecule has 0 fully saturated rings. The molecule has 0 atom stereocenters. The molecule has 0 N–H and O–H groups in total. The summed E-state index contributed by atoms with van der Waals surface area (Å²) in [5.74, 6) is 1.35. The molecule has 0 saturated carbocycles. The quantitative estimate of drug-likeness (QED) is 0.858. The third-order valence-electron chi connectivity index (χ3n) is 4.88. The molecular formula is C20H20FNO3. The molecular weight excluding hydrogens is 321 g/mol. The number of amides is 1. The molecule has 0 aliphatic carbocycles. The molecule has 2 heterocycles. The van der Waals surface area contributed by atoms with Gasteiger partial charge in [0.2, 0.25) is 0 Å². The zero-order chi connectivity index (χ0) is 17.4. The van der Waals surface area contributed by atoms with Gasteiger partial charge in [-0.1, -0.05) is 6.07 Å². The second-order valence-corrected chi connectivity index (χ2v) is 6.50. The molecule has 2 aromatic rings. The van der Waals surface area contributed by atoms with Gasteiger partial charge in [0.05, 0.1) is 13.2 Å². The fraction of sp³-hybridized carbons (Fsp3) is 0.350. The third-order valence-corrected chi connectivity index (χ3v) is 4.88. The van der Waals surface area contributed by atoms with Crippen molar-refractivity contribution in [1.29, 1.82) is 0 Å². The van der Waals surface area contributed by atoms with Gasteiger partial charge in [0.25, 0.3) is 5.91 Å². The predicted octanol–water partition coefficient (Wildman–Crippen LogP) is 3.01. The van der Waals surface area contributed by atoms with Gasteiger partial charge in [0.15, 0.2) is 0 Å². The van der Waals surface area contributed by atoms with E-state index < -0.39 is 5.82 Å². The van der Waals surface area contributed by atoms with Crippen molar-refractivity contribution in [2.24, 2.45) is 0 Å². The highest BCUT2D eigenvalue weighted by atomic mass is 19.1. The molecule has 0 unspecified atom stereocenters. The summed E-state index contributed by atoms with van der Waals surface area (Å²) in [4.78, 5) is 14.1. The van der Waals surface area contributed by atoms with Crippen LogP contribution in [0.2, 0.25) is 0 Å². The maximum absolute atomic E-state index is 13.3. The van der Waals surface area contributed by atoms with Crippen molar-refractivity contribution >= 4 is 5.91 Å². The summed E-state index contributed by atoms with van der Waals surface area (Å²) in [6.45, 7) is 1.94. The number of rotatable bonds is 4. The summed E-state index contributed by atoms with van der Waals surface area (Å²) in [6, 6.07) is 7.89. The van der Waals surface area contributed by atoms with E-state index >= 15 is 0 Å². The lowest BCUT2D eigenvalue weighted by molar-refractivity contribution is 0.0796. The summed E-state index contributed by atoms with van der Waals surface area (Å²) >= 11 is 0. The van der Waals surface area contributed by atoms with E-state index in [2.05, 4.69) is 6.07 Å². The average Bonchev–Trinajstić information content (AvgIpc) is 3.26. The molecule has 0 spiro atoms. The lowest BCUT2D eigenvalue weighted by Gasteiger charge is -2.19. The molecule has 0 aromatic heterocycles. The minimum Gasteiger partial charge on any atom is -0.493 e. The van der Waals surface area contributed by atoms with E-state index in [1.165, 1.54) is 23.3 Å². The van der Waals surface area contributed by atoms with Crippen LogP contribution in [0.3, 0.4) is 0 Å². The van der Waals surface area contributed by atoms with Crippen LogP contribution >= 0.6 is 0 Å². The Kier molecular flexibility index (Phi) is 4.07. The van der Waals surface area contributed by atoms with Crippen molar-refractivity contribution in [3.8, 4) is 11.5 Å². The van der Waals surface area contributed by atoms with Crippen molar-refractivity contribution in [2.75, 3.05) is 26.8 Å². The monoisotopic (exact) mass is 341 g/mol. The first-order chi connectivity index (χ1) is 12.1. The fourth-order valence-electron chi connectivity index (χ4n) is 3.57. The smallest absolute Gasteiger partial charge is 0.253 e. The first-order valence-electron chi connectivity index (χ1n) is 8.58. The minimum absolute atomic E-state index is 0.180. The van der Waals surface area contributed by atoms with E-state index in [0.717, 1.165) is 29.9 Å². The van der Waals surface area contributed by atoms with Gasteiger partial charge in [0.1, 0.15) is 17.3 Å². The predicted molar refractivity (Wildman–Crippen MR) is 91.9 cm³/mol. The molecule has 130 valence electrons. The Balaban J connectivity index is 1.53. The van der Waals surface area contributed by atoms with Crippen LogP contribution in [-0.4, -0.2) is 37.6 Å². The van der Waals surface area contributed by atoms with Crippen molar-refractivity contribution in [3.63, 3.8) is 0 Å². The third kappa shape index (κ3) is 2.95. The number of likely N-dealkylation sites (N-methyl/N-ethyl adjacent to an activating group) is 1. The van der Waals surface area contributed by atoms with Gasteiger partial charge in [-0.05, 0) is 30.7 Å². The lowest BCUT2D eigenvalue weighted by Crippen LogP contribution is -2.29. The van der Waals surface area contributed by atoms with Gasteiger partial charge < -0.3 is 14.4 Å². The molecule has 5 heteroatoms. The number of benzene rings is 2. The van der Waals surface area contributed by atoms with Gasteiger partial charge in [0, 0.05) is 48.7 Å². The standard InChI is InChI=1S/C20H20FNO3/c1-22(20(23)14-3-2-4-15(21)11-14)8-5-17-16-7-10-24-18(16)12-13-6-9-25-19(13)17/h2-4,11-12H,5-10H2,1H3. The number of nitrogens with zero attached hydrogens (tertiary/aromatic N) is 1. The largest absolute Gasteiger partial charge is 0.493 e. The number of carbonyl (C=O) groups excluding carboxylic acids is 1. The summed E-state index contributed by atoms with van der Waals surface area (Å²) in [5.41, 5.74) is 3.91. The molecule has 0 radical (unpaired) electrons. The van der Waals surface area contributed by atoms with Gasteiger partial charge in [-0.3, -0.25) is 4.79 Å². The maximum Gasteiger partial charge on any atom is 0.253 e.